The van der Waals surface area contributed by atoms with E-state index in [4.69, 9.17) is 21.4 Å². The number of carbonyl (C=O) groups is 1. The second kappa shape index (κ2) is 7.18. The average Bonchev–Trinajstić information content (AvgIpc) is 2.97. The molecule has 0 fully saturated rings. The largest absolute Gasteiger partial charge is 0.494 e. The summed E-state index contributed by atoms with van der Waals surface area (Å²) in [6, 6.07) is 10.6. The maximum absolute atomic E-state index is 12.4. The lowest BCUT2D eigenvalue weighted by atomic mass is 10.1. The van der Waals surface area contributed by atoms with Crippen LogP contribution in [0.2, 0.25) is 0 Å². The van der Waals surface area contributed by atoms with Gasteiger partial charge in [0.25, 0.3) is 4.84 Å². The van der Waals surface area contributed by atoms with Crippen LogP contribution in [0.4, 0.5) is 0 Å². The van der Waals surface area contributed by atoms with E-state index in [2.05, 4.69) is 10.1 Å². The van der Waals surface area contributed by atoms with Gasteiger partial charge in [0.2, 0.25) is 5.89 Å². The van der Waals surface area contributed by atoms with Gasteiger partial charge in [0, 0.05) is 18.0 Å². The Morgan fingerprint density at radius 2 is 2.08 bits per heavy atom. The number of rotatable bonds is 6. The van der Waals surface area contributed by atoms with E-state index in [9.17, 15) is 4.79 Å². The van der Waals surface area contributed by atoms with Gasteiger partial charge in [0.05, 0.1) is 12.2 Å². The minimum Gasteiger partial charge on any atom is -0.494 e. The summed E-state index contributed by atoms with van der Waals surface area (Å²) in [5.41, 5.74) is 1.27. The predicted octanol–water partition coefficient (Wildman–Crippen LogP) is 3.55. The van der Waals surface area contributed by atoms with Crippen molar-refractivity contribution in [2.45, 2.75) is 13.5 Å². The lowest BCUT2D eigenvalue weighted by molar-refractivity contribution is 0.0966. The molecule has 0 radical (unpaired) electrons. The highest BCUT2D eigenvalue weighted by molar-refractivity contribution is 7.71. The lowest BCUT2D eigenvalue weighted by Gasteiger charge is -2.04. The molecular formula is C17H15N3O3S. The summed E-state index contributed by atoms with van der Waals surface area (Å²) in [7, 11) is 0. The number of hydrogen-bond donors (Lipinski definition) is 0. The Hall–Kier alpha value is -2.80. The second-order valence-electron chi connectivity index (χ2n) is 4.95. The molecule has 122 valence electrons. The van der Waals surface area contributed by atoms with Crippen LogP contribution in [0.15, 0.2) is 53.2 Å². The number of benzene rings is 1. The quantitative estimate of drug-likeness (QED) is 0.504. The molecule has 2 aromatic heterocycles. The van der Waals surface area contributed by atoms with Gasteiger partial charge in [0.15, 0.2) is 5.78 Å². The van der Waals surface area contributed by atoms with Gasteiger partial charge in [-0.2, -0.15) is 0 Å². The van der Waals surface area contributed by atoms with Crippen molar-refractivity contribution in [3.8, 4) is 17.2 Å². The van der Waals surface area contributed by atoms with Crippen LogP contribution < -0.4 is 4.74 Å². The molecule has 0 spiro atoms. The number of ether oxygens (including phenoxy) is 1. The van der Waals surface area contributed by atoms with Crippen molar-refractivity contribution in [2.24, 2.45) is 0 Å². The zero-order valence-electron chi connectivity index (χ0n) is 13.0. The number of Topliss-reactive ketones (excluding diaryl/α,β-unsaturated/α-hetero) is 1. The molecule has 0 unspecified atom stereocenters. The number of aromatic nitrogens is 3. The molecule has 0 bridgehead atoms. The standard InChI is InChI=1S/C17H15N3O3S/c1-2-22-14-7-5-12(6-8-14)15(21)11-20-17(24)23-16(19-20)13-4-3-9-18-10-13/h3-10H,2,11H2,1H3. The molecule has 2 heterocycles. The summed E-state index contributed by atoms with van der Waals surface area (Å²) >= 11 is 5.14. The maximum Gasteiger partial charge on any atom is 0.287 e. The first-order chi connectivity index (χ1) is 11.7. The third-order valence-electron chi connectivity index (χ3n) is 3.30. The first-order valence-corrected chi connectivity index (χ1v) is 7.82. The molecule has 0 saturated heterocycles. The van der Waals surface area contributed by atoms with Crippen LogP contribution in [-0.2, 0) is 6.54 Å². The Morgan fingerprint density at radius 3 is 2.75 bits per heavy atom. The van der Waals surface area contributed by atoms with Crippen molar-refractivity contribution >= 4 is 18.0 Å². The smallest absolute Gasteiger partial charge is 0.287 e. The van der Waals surface area contributed by atoms with Crippen molar-refractivity contribution < 1.29 is 13.9 Å². The predicted molar refractivity (Wildman–Crippen MR) is 90.5 cm³/mol. The topological polar surface area (TPSA) is 70.2 Å². The molecule has 0 amide bonds. The van der Waals surface area contributed by atoms with Crippen LogP contribution in [0.3, 0.4) is 0 Å². The monoisotopic (exact) mass is 341 g/mol. The van der Waals surface area contributed by atoms with Crippen LogP contribution in [0.1, 0.15) is 17.3 Å². The fraction of sp³-hybridized carbons (Fsp3) is 0.176. The number of pyridine rings is 1. The summed E-state index contributed by atoms with van der Waals surface area (Å²) in [5.74, 6) is 0.957. The first-order valence-electron chi connectivity index (χ1n) is 7.42. The third-order valence-corrected chi connectivity index (χ3v) is 3.59. The van der Waals surface area contributed by atoms with Crippen LogP contribution in [-0.4, -0.2) is 27.2 Å². The SMILES string of the molecule is CCOc1ccc(C(=O)Cn2nc(-c3cccnc3)oc2=S)cc1. The minimum atomic E-state index is -0.111. The fourth-order valence-electron chi connectivity index (χ4n) is 2.14. The van der Waals surface area contributed by atoms with Crippen molar-refractivity contribution in [2.75, 3.05) is 6.61 Å². The van der Waals surface area contributed by atoms with Crippen LogP contribution in [0, 0.1) is 4.84 Å². The Labute approximate surface area is 143 Å². The van der Waals surface area contributed by atoms with Crippen LogP contribution in [0.5, 0.6) is 5.75 Å². The molecule has 3 aromatic rings. The molecule has 0 aliphatic heterocycles. The van der Waals surface area contributed by atoms with E-state index < -0.39 is 0 Å². The molecule has 3 rings (SSSR count). The van der Waals surface area contributed by atoms with Crippen molar-refractivity contribution in [1.29, 1.82) is 0 Å². The Balaban J connectivity index is 1.77. The Bertz CT molecular complexity index is 885. The molecule has 24 heavy (non-hydrogen) atoms. The number of carbonyl (C=O) groups excluding carboxylic acids is 1. The van der Waals surface area contributed by atoms with Gasteiger partial charge in [-0.3, -0.25) is 9.78 Å². The average molecular weight is 341 g/mol. The Morgan fingerprint density at radius 1 is 1.29 bits per heavy atom. The summed E-state index contributed by atoms with van der Waals surface area (Å²) in [4.78, 5) is 16.5. The van der Waals surface area contributed by atoms with E-state index in [0.717, 1.165) is 5.75 Å². The fourth-order valence-corrected chi connectivity index (χ4v) is 2.33. The van der Waals surface area contributed by atoms with E-state index in [1.165, 1.54) is 4.68 Å². The molecule has 0 N–H and O–H groups in total. The summed E-state index contributed by atoms with van der Waals surface area (Å²) in [6.45, 7) is 2.50. The highest BCUT2D eigenvalue weighted by Crippen LogP contribution is 2.17. The van der Waals surface area contributed by atoms with Crippen molar-refractivity contribution in [1.82, 2.24) is 14.8 Å². The van der Waals surface area contributed by atoms with Gasteiger partial charge in [-0.05, 0) is 55.5 Å². The molecule has 0 atom stereocenters. The van der Waals surface area contributed by atoms with E-state index in [1.54, 1.807) is 42.7 Å². The van der Waals surface area contributed by atoms with Gasteiger partial charge in [0.1, 0.15) is 12.3 Å². The first kappa shape index (κ1) is 16.1. The zero-order chi connectivity index (χ0) is 16.9. The van der Waals surface area contributed by atoms with Crippen LogP contribution in [0.25, 0.3) is 11.5 Å². The van der Waals surface area contributed by atoms with Gasteiger partial charge < -0.3 is 9.15 Å². The summed E-state index contributed by atoms with van der Waals surface area (Å²) in [5, 5.41) is 4.25. The van der Waals surface area contributed by atoms with E-state index in [1.807, 2.05) is 13.0 Å². The molecule has 0 saturated carbocycles. The summed E-state index contributed by atoms with van der Waals surface area (Å²) < 4.78 is 12.2. The van der Waals surface area contributed by atoms with Gasteiger partial charge in [-0.15, -0.1) is 5.10 Å². The molecule has 1 aromatic carbocycles. The van der Waals surface area contributed by atoms with Gasteiger partial charge in [-0.25, -0.2) is 4.68 Å². The molecule has 0 aliphatic carbocycles. The number of ketones is 1. The second-order valence-corrected chi connectivity index (χ2v) is 5.30. The molecular weight excluding hydrogens is 326 g/mol. The Kier molecular flexibility index (Phi) is 4.81. The minimum absolute atomic E-state index is 0.0105. The highest BCUT2D eigenvalue weighted by Gasteiger charge is 2.13. The van der Waals surface area contributed by atoms with Crippen LogP contribution >= 0.6 is 12.2 Å². The highest BCUT2D eigenvalue weighted by atomic mass is 32.1. The van der Waals surface area contributed by atoms with Crippen molar-refractivity contribution in [3.63, 3.8) is 0 Å². The van der Waals surface area contributed by atoms with Gasteiger partial charge in [-0.1, -0.05) is 0 Å². The van der Waals surface area contributed by atoms with E-state index >= 15 is 0 Å². The maximum atomic E-state index is 12.4. The number of nitrogens with zero attached hydrogens (tertiary/aromatic N) is 3. The van der Waals surface area contributed by atoms with Crippen molar-refractivity contribution in [3.05, 3.63) is 59.2 Å². The molecule has 0 aliphatic rings. The number of hydrogen-bond acceptors (Lipinski definition) is 6. The molecule has 6 nitrogen and oxygen atoms in total. The third kappa shape index (κ3) is 3.57. The molecule has 7 heteroatoms. The zero-order valence-corrected chi connectivity index (χ0v) is 13.8. The summed E-state index contributed by atoms with van der Waals surface area (Å²) in [6.07, 6.45) is 3.28. The van der Waals surface area contributed by atoms with E-state index in [-0.39, 0.29) is 17.2 Å². The normalized spacial score (nSPS) is 10.5. The van der Waals surface area contributed by atoms with E-state index in [0.29, 0.717) is 23.6 Å². The van der Waals surface area contributed by atoms with Gasteiger partial charge >= 0.3 is 0 Å². The lowest BCUT2D eigenvalue weighted by Crippen LogP contribution is -2.11.